The van der Waals surface area contributed by atoms with E-state index in [0.29, 0.717) is 19.0 Å². The number of anilines is 1. The monoisotopic (exact) mass is 317 g/mol. The van der Waals surface area contributed by atoms with Crippen molar-refractivity contribution in [1.82, 2.24) is 9.97 Å². The average Bonchev–Trinajstić information content (AvgIpc) is 2.58. The molecule has 0 amide bonds. The molecule has 0 atom stereocenters. The number of carboxylic acid groups (broad SMARTS) is 1. The van der Waals surface area contributed by atoms with Gasteiger partial charge in [-0.2, -0.15) is 0 Å². The van der Waals surface area contributed by atoms with Gasteiger partial charge in [-0.1, -0.05) is 30.3 Å². The average molecular weight is 317 g/mol. The Morgan fingerprint density at radius 2 is 2.00 bits per heavy atom. The molecule has 1 aromatic carbocycles. The largest absolute Gasteiger partial charge is 0.483 e. The lowest BCUT2D eigenvalue weighted by atomic mass is 10.2. The van der Waals surface area contributed by atoms with E-state index in [1.165, 1.54) is 6.33 Å². The minimum absolute atomic E-state index is 0.155. The van der Waals surface area contributed by atoms with Crippen molar-refractivity contribution >= 4 is 11.8 Å². The maximum atomic E-state index is 11.4. The molecular formula is C16H19N3O4. The van der Waals surface area contributed by atoms with Gasteiger partial charge in [-0.15, -0.1) is 0 Å². The van der Waals surface area contributed by atoms with Crippen LogP contribution in [0, 0.1) is 0 Å². The molecule has 0 radical (unpaired) electrons. The van der Waals surface area contributed by atoms with Gasteiger partial charge in [0.2, 0.25) is 0 Å². The molecule has 0 aliphatic rings. The van der Waals surface area contributed by atoms with E-state index in [4.69, 9.17) is 9.47 Å². The number of carbonyl (C=O) groups is 1. The van der Waals surface area contributed by atoms with Crippen LogP contribution in [0.25, 0.3) is 0 Å². The maximum absolute atomic E-state index is 11.4. The molecule has 1 N–H and O–H groups in total. The lowest BCUT2D eigenvalue weighted by Gasteiger charge is -2.21. The summed E-state index contributed by atoms with van der Waals surface area (Å²) in [4.78, 5) is 21.2. The standard InChI is InChI=1S/C16H19N3O4/c1-19(8-9-22-2)15-14(13(16(20)21)17-11-18-15)23-10-12-6-4-3-5-7-12/h3-7,11H,8-10H2,1-2H3,(H,20,21). The SMILES string of the molecule is COCCN(C)c1ncnc(C(=O)O)c1OCc1ccccc1. The summed E-state index contributed by atoms with van der Waals surface area (Å²) in [5.41, 5.74) is 0.772. The molecule has 1 aromatic heterocycles. The van der Waals surface area contributed by atoms with E-state index in [2.05, 4.69) is 9.97 Å². The predicted molar refractivity (Wildman–Crippen MR) is 84.9 cm³/mol. The van der Waals surface area contributed by atoms with Crippen LogP contribution in [0.3, 0.4) is 0 Å². The molecule has 1 heterocycles. The number of benzene rings is 1. The van der Waals surface area contributed by atoms with Crippen molar-refractivity contribution < 1.29 is 19.4 Å². The third-order valence-corrected chi connectivity index (χ3v) is 3.21. The highest BCUT2D eigenvalue weighted by Crippen LogP contribution is 2.28. The molecule has 7 heteroatoms. The number of nitrogens with zero attached hydrogens (tertiary/aromatic N) is 3. The fourth-order valence-corrected chi connectivity index (χ4v) is 1.99. The van der Waals surface area contributed by atoms with Gasteiger partial charge in [0.1, 0.15) is 12.9 Å². The van der Waals surface area contributed by atoms with Crippen molar-refractivity contribution in [2.75, 3.05) is 32.2 Å². The Balaban J connectivity index is 2.27. The van der Waals surface area contributed by atoms with Crippen LogP contribution in [-0.4, -0.2) is 48.4 Å². The van der Waals surface area contributed by atoms with Crippen molar-refractivity contribution in [3.63, 3.8) is 0 Å². The van der Waals surface area contributed by atoms with E-state index >= 15 is 0 Å². The summed E-state index contributed by atoms with van der Waals surface area (Å²) in [6, 6.07) is 9.49. The van der Waals surface area contributed by atoms with Gasteiger partial charge in [-0.25, -0.2) is 14.8 Å². The Morgan fingerprint density at radius 1 is 1.26 bits per heavy atom. The summed E-state index contributed by atoms with van der Waals surface area (Å²) in [5, 5.41) is 9.33. The second kappa shape index (κ2) is 8.09. The zero-order valence-electron chi connectivity index (χ0n) is 13.1. The number of aromatic nitrogens is 2. The van der Waals surface area contributed by atoms with Crippen LogP contribution in [0.1, 0.15) is 16.1 Å². The Kier molecular flexibility index (Phi) is 5.87. The summed E-state index contributed by atoms with van der Waals surface area (Å²) in [6.07, 6.45) is 1.22. The van der Waals surface area contributed by atoms with Crippen LogP contribution in [0.4, 0.5) is 5.82 Å². The van der Waals surface area contributed by atoms with E-state index in [-0.39, 0.29) is 18.1 Å². The molecule has 0 spiro atoms. The molecule has 0 aliphatic carbocycles. The number of aromatic carboxylic acids is 1. The smallest absolute Gasteiger partial charge is 0.358 e. The first-order valence-corrected chi connectivity index (χ1v) is 7.08. The number of rotatable bonds is 8. The highest BCUT2D eigenvalue weighted by Gasteiger charge is 2.21. The number of ether oxygens (including phenoxy) is 2. The van der Waals surface area contributed by atoms with Gasteiger partial charge in [-0.3, -0.25) is 0 Å². The van der Waals surface area contributed by atoms with Crippen molar-refractivity contribution in [1.29, 1.82) is 0 Å². The van der Waals surface area contributed by atoms with Gasteiger partial charge in [0.15, 0.2) is 17.3 Å². The Morgan fingerprint density at radius 3 is 2.65 bits per heavy atom. The molecule has 0 aliphatic heterocycles. The summed E-state index contributed by atoms with van der Waals surface area (Å²) in [7, 11) is 3.39. The highest BCUT2D eigenvalue weighted by atomic mass is 16.5. The summed E-state index contributed by atoms with van der Waals surface area (Å²) >= 11 is 0. The minimum Gasteiger partial charge on any atom is -0.483 e. The molecule has 0 fully saturated rings. The predicted octanol–water partition coefficient (Wildman–Crippen LogP) is 1.84. The molecule has 23 heavy (non-hydrogen) atoms. The van der Waals surface area contributed by atoms with Crippen LogP contribution >= 0.6 is 0 Å². The van der Waals surface area contributed by atoms with E-state index in [1.54, 1.807) is 19.1 Å². The van der Waals surface area contributed by atoms with Gasteiger partial charge in [0.05, 0.1) is 6.61 Å². The number of hydrogen-bond donors (Lipinski definition) is 1. The van der Waals surface area contributed by atoms with Gasteiger partial charge in [0.25, 0.3) is 0 Å². The molecule has 2 aromatic rings. The van der Waals surface area contributed by atoms with Crippen molar-refractivity contribution in [3.8, 4) is 5.75 Å². The lowest BCUT2D eigenvalue weighted by molar-refractivity contribution is 0.0684. The van der Waals surface area contributed by atoms with Crippen molar-refractivity contribution in [2.45, 2.75) is 6.61 Å². The Labute approximate surface area is 134 Å². The van der Waals surface area contributed by atoms with E-state index in [9.17, 15) is 9.90 Å². The minimum atomic E-state index is -1.16. The molecular weight excluding hydrogens is 298 g/mol. The Hall–Kier alpha value is -2.67. The van der Waals surface area contributed by atoms with E-state index < -0.39 is 5.97 Å². The maximum Gasteiger partial charge on any atom is 0.358 e. The van der Waals surface area contributed by atoms with Crippen LogP contribution in [0.15, 0.2) is 36.7 Å². The first-order chi connectivity index (χ1) is 11.1. The van der Waals surface area contributed by atoms with E-state index in [0.717, 1.165) is 5.56 Å². The zero-order valence-corrected chi connectivity index (χ0v) is 13.1. The quantitative estimate of drug-likeness (QED) is 0.795. The third kappa shape index (κ3) is 4.40. The Bertz CT molecular complexity index is 649. The van der Waals surface area contributed by atoms with Crippen LogP contribution in [0.5, 0.6) is 5.75 Å². The first-order valence-electron chi connectivity index (χ1n) is 7.08. The van der Waals surface area contributed by atoms with Crippen molar-refractivity contribution in [3.05, 3.63) is 47.9 Å². The molecule has 0 saturated heterocycles. The number of methoxy groups -OCH3 is 1. The van der Waals surface area contributed by atoms with Gasteiger partial charge in [-0.05, 0) is 5.56 Å². The molecule has 7 nitrogen and oxygen atoms in total. The summed E-state index contributed by atoms with van der Waals surface area (Å²) < 4.78 is 10.8. The zero-order chi connectivity index (χ0) is 16.7. The molecule has 0 unspecified atom stereocenters. The topological polar surface area (TPSA) is 84.8 Å². The van der Waals surface area contributed by atoms with E-state index in [1.807, 2.05) is 30.3 Å². The second-order valence-corrected chi connectivity index (χ2v) is 4.87. The van der Waals surface area contributed by atoms with Crippen LogP contribution < -0.4 is 9.64 Å². The number of carboxylic acids is 1. The van der Waals surface area contributed by atoms with Gasteiger partial charge in [0, 0.05) is 20.7 Å². The number of hydrogen-bond acceptors (Lipinski definition) is 6. The third-order valence-electron chi connectivity index (χ3n) is 3.21. The van der Waals surface area contributed by atoms with Crippen molar-refractivity contribution in [2.24, 2.45) is 0 Å². The highest BCUT2D eigenvalue weighted by molar-refractivity contribution is 5.90. The fourth-order valence-electron chi connectivity index (χ4n) is 1.99. The van der Waals surface area contributed by atoms with Crippen LogP contribution in [0.2, 0.25) is 0 Å². The molecule has 122 valence electrons. The second-order valence-electron chi connectivity index (χ2n) is 4.87. The van der Waals surface area contributed by atoms with Crippen LogP contribution in [-0.2, 0) is 11.3 Å². The lowest BCUT2D eigenvalue weighted by Crippen LogP contribution is -2.25. The summed E-state index contributed by atoms with van der Waals surface area (Å²) in [5.74, 6) is -0.579. The molecule has 0 saturated carbocycles. The fraction of sp³-hybridized carbons (Fsp3) is 0.312. The normalized spacial score (nSPS) is 10.3. The molecule has 2 rings (SSSR count). The van der Waals surface area contributed by atoms with Gasteiger partial charge >= 0.3 is 5.97 Å². The van der Waals surface area contributed by atoms with Gasteiger partial charge < -0.3 is 19.5 Å². The first kappa shape index (κ1) is 16.7. The molecule has 0 bridgehead atoms. The number of likely N-dealkylation sites (N-methyl/N-ethyl adjacent to an activating group) is 1. The summed E-state index contributed by atoms with van der Waals surface area (Å²) in [6.45, 7) is 1.27.